The number of hydrogen-bond acceptors (Lipinski definition) is 18. The summed E-state index contributed by atoms with van der Waals surface area (Å²) in [5, 5.41) is 63.2. The molecule has 350 valence electrons. The van der Waals surface area contributed by atoms with E-state index < -0.39 is 113 Å². The highest BCUT2D eigenvalue weighted by Gasteiger charge is 2.64. The number of fused-ring (bicyclic) bond motifs is 2. The van der Waals surface area contributed by atoms with Crippen molar-refractivity contribution in [3.8, 4) is 0 Å². The van der Waals surface area contributed by atoms with Crippen molar-refractivity contribution in [1.29, 1.82) is 0 Å². The van der Waals surface area contributed by atoms with Gasteiger partial charge in [-0.3, -0.25) is 14.9 Å². The highest BCUT2D eigenvalue weighted by molar-refractivity contribution is 5.96. The third-order valence-corrected chi connectivity index (χ3v) is 13.4. The number of rotatable bonds is 12. The summed E-state index contributed by atoms with van der Waals surface area (Å²) < 4.78 is 54.9. The summed E-state index contributed by atoms with van der Waals surface area (Å²) in [5.74, 6) is -3.64. The molecule has 0 aromatic carbocycles. The molecule has 19 atom stereocenters. The number of esters is 1. The average Bonchev–Trinajstić information content (AvgIpc) is 3.17. The van der Waals surface area contributed by atoms with Gasteiger partial charge >= 0.3 is 5.97 Å². The van der Waals surface area contributed by atoms with E-state index in [4.69, 9.17) is 42.6 Å². The Labute approximate surface area is 355 Å². The Morgan fingerprint density at radius 2 is 1.58 bits per heavy atom. The number of carbonyl (C=O) groups excluding carboxylic acids is 2. The molecular weight excluding hydrogens is 788 g/mol. The van der Waals surface area contributed by atoms with Gasteiger partial charge in [0.05, 0.1) is 66.9 Å². The van der Waals surface area contributed by atoms with Crippen molar-refractivity contribution in [1.82, 2.24) is 10.2 Å². The number of nitrogens with zero attached hydrogens (tertiary/aromatic N) is 1. The highest BCUT2D eigenvalue weighted by atomic mass is 16.7. The van der Waals surface area contributed by atoms with Crippen LogP contribution < -0.4 is 5.32 Å². The summed E-state index contributed by atoms with van der Waals surface area (Å²) in [6, 6.07) is -0.384. The number of likely N-dealkylation sites (N-methyl/N-ethyl adjacent to an activating group) is 1. The van der Waals surface area contributed by atoms with E-state index >= 15 is 4.79 Å². The van der Waals surface area contributed by atoms with E-state index in [1.165, 1.54) is 35.0 Å². The van der Waals surface area contributed by atoms with Crippen LogP contribution in [0.5, 0.6) is 0 Å². The van der Waals surface area contributed by atoms with Gasteiger partial charge in [-0.1, -0.05) is 13.8 Å². The lowest BCUT2D eigenvalue weighted by Gasteiger charge is -2.54. The van der Waals surface area contributed by atoms with Gasteiger partial charge in [-0.05, 0) is 82.3 Å². The molecule has 4 saturated heterocycles. The Bertz CT molecular complexity index is 1440. The number of ketones is 1. The first kappa shape index (κ1) is 51.2. The minimum Gasteiger partial charge on any atom is -0.459 e. The van der Waals surface area contributed by atoms with Crippen molar-refractivity contribution in [3.05, 3.63) is 0 Å². The molecule has 4 heterocycles. The summed E-state index contributed by atoms with van der Waals surface area (Å²) in [6.07, 6.45) is -12.3. The lowest BCUT2D eigenvalue weighted by atomic mass is 9.68. The van der Waals surface area contributed by atoms with Gasteiger partial charge in [-0.15, -0.1) is 0 Å². The second kappa shape index (κ2) is 19.7. The fourth-order valence-electron chi connectivity index (χ4n) is 9.90. The lowest BCUT2D eigenvalue weighted by Crippen LogP contribution is -2.77. The Kier molecular flexibility index (Phi) is 16.8. The maximum atomic E-state index is 15.0. The molecule has 0 spiro atoms. The molecule has 18 heteroatoms. The molecule has 4 rings (SSSR count). The minimum absolute atomic E-state index is 0.0306. The number of ether oxygens (including phenoxy) is 9. The molecule has 18 nitrogen and oxygen atoms in total. The zero-order valence-electron chi connectivity index (χ0n) is 38.2. The van der Waals surface area contributed by atoms with Crippen molar-refractivity contribution in [2.24, 2.45) is 11.8 Å². The number of methoxy groups -OCH3 is 2. The van der Waals surface area contributed by atoms with Gasteiger partial charge < -0.3 is 73.1 Å². The number of hydrogen-bond donors (Lipinski definition) is 6. The van der Waals surface area contributed by atoms with Crippen LogP contribution in [-0.4, -0.2) is 192 Å². The molecule has 0 radical (unpaired) electrons. The fraction of sp³-hybridized carbons (Fsp3) is 0.952. The van der Waals surface area contributed by atoms with Crippen LogP contribution in [0.25, 0.3) is 0 Å². The van der Waals surface area contributed by atoms with Crippen molar-refractivity contribution >= 4 is 11.8 Å². The SMILES string of the molecule is CC[C@@H]1OC(=O)[C@@H](C)[C@H](O[C@H]2C[C@](C)(OC)[C@H](O)[C@@H](C)O2)[C@H](C)[C@H](O[C@@H]2O[C@H](C)C[C@H](N(C)C)[C@H]2O)[C@@](C)(O)C[C@@]2(C)NC(COCCOC)O[C@@](C)(C2=O)[C@@H](O)[C@@]1(C)O. The first-order valence-corrected chi connectivity index (χ1v) is 21.3. The van der Waals surface area contributed by atoms with Crippen LogP contribution in [0.4, 0.5) is 0 Å². The quantitative estimate of drug-likeness (QED) is 0.117. The van der Waals surface area contributed by atoms with E-state index in [9.17, 15) is 30.3 Å². The Hall–Kier alpha value is -1.46. The number of cyclic esters (lactones) is 1. The van der Waals surface area contributed by atoms with Gasteiger partial charge in [-0.25, -0.2) is 0 Å². The molecule has 0 aromatic rings. The van der Waals surface area contributed by atoms with E-state index in [-0.39, 0.29) is 51.2 Å². The van der Waals surface area contributed by atoms with Crippen LogP contribution in [-0.2, 0) is 52.2 Å². The smallest absolute Gasteiger partial charge is 0.311 e. The van der Waals surface area contributed by atoms with Crippen LogP contribution in [0.3, 0.4) is 0 Å². The van der Waals surface area contributed by atoms with Gasteiger partial charge in [0.2, 0.25) is 0 Å². The third-order valence-electron chi connectivity index (χ3n) is 13.4. The number of carbonyl (C=O) groups is 2. The van der Waals surface area contributed by atoms with E-state index in [2.05, 4.69) is 5.32 Å². The Balaban J connectivity index is 1.92. The molecule has 60 heavy (non-hydrogen) atoms. The van der Waals surface area contributed by atoms with Crippen molar-refractivity contribution in [2.45, 2.75) is 197 Å². The summed E-state index contributed by atoms with van der Waals surface area (Å²) in [7, 11) is 6.67. The summed E-state index contributed by atoms with van der Waals surface area (Å²) in [4.78, 5) is 31.3. The fourth-order valence-corrected chi connectivity index (χ4v) is 9.90. The summed E-state index contributed by atoms with van der Waals surface area (Å²) >= 11 is 0. The molecule has 4 aliphatic rings. The van der Waals surface area contributed by atoms with Gasteiger partial charge in [0, 0.05) is 39.0 Å². The van der Waals surface area contributed by atoms with E-state index in [0.717, 1.165) is 0 Å². The van der Waals surface area contributed by atoms with Crippen molar-refractivity contribution < 1.29 is 77.8 Å². The Morgan fingerprint density at radius 1 is 0.933 bits per heavy atom. The largest absolute Gasteiger partial charge is 0.459 e. The second-order valence-electron chi connectivity index (χ2n) is 18.9. The molecule has 4 fully saturated rings. The highest BCUT2D eigenvalue weighted by Crippen LogP contribution is 2.44. The molecule has 0 aromatic heterocycles. The predicted octanol–water partition coefficient (Wildman–Crippen LogP) is 0.640. The molecule has 0 amide bonds. The molecule has 2 bridgehead atoms. The minimum atomic E-state index is -2.25. The number of nitrogens with one attached hydrogen (secondary N) is 1. The first-order chi connectivity index (χ1) is 27.7. The predicted molar refractivity (Wildman–Crippen MR) is 215 cm³/mol. The summed E-state index contributed by atoms with van der Waals surface area (Å²) in [5.41, 5.74) is -9.19. The van der Waals surface area contributed by atoms with Gasteiger partial charge in [0.25, 0.3) is 0 Å². The van der Waals surface area contributed by atoms with Crippen LogP contribution >= 0.6 is 0 Å². The molecule has 1 unspecified atom stereocenters. The van der Waals surface area contributed by atoms with Crippen molar-refractivity contribution in [2.75, 3.05) is 48.1 Å². The molecule has 0 saturated carbocycles. The third kappa shape index (κ3) is 10.6. The topological polar surface area (TPSA) is 234 Å². The van der Waals surface area contributed by atoms with Crippen LogP contribution in [0, 0.1) is 11.8 Å². The number of Topliss-reactive ketones (excluding diaryl/α,β-unsaturated/α-hetero) is 1. The number of aliphatic hydroxyl groups excluding tert-OH is 3. The van der Waals surface area contributed by atoms with Gasteiger partial charge in [0.1, 0.15) is 36.2 Å². The standard InChI is InChI=1S/C42H76N2O16/c1-15-27-41(9,51)37(49)42(10)36(48)38(6,43-28(60-42)20-54-17-16-52-13)21-39(7,50)33(59-35-30(45)26(44(11)12)18-22(2)55-35)23(3)31(24(4)34(47)57-27)58-29-19-40(8,53-14)32(46)25(5)56-29/h22-33,35,37,43,45-46,49-51H,15-21H2,1-14H3/t22-,23+,24+,25-,26+,27+,28?,29+,30-,31-,32-,33+,35+,37+,38-,39+,40+,41+,42+/m1/s1. The average molecular weight is 865 g/mol. The molecular formula is C42H76N2O16. The maximum Gasteiger partial charge on any atom is 0.311 e. The monoisotopic (exact) mass is 865 g/mol. The van der Waals surface area contributed by atoms with E-state index in [1.807, 2.05) is 25.9 Å². The van der Waals surface area contributed by atoms with E-state index in [1.54, 1.807) is 41.5 Å². The van der Waals surface area contributed by atoms with Gasteiger partial charge in [0.15, 0.2) is 24.0 Å². The van der Waals surface area contributed by atoms with Crippen LogP contribution in [0.15, 0.2) is 0 Å². The molecule has 0 aliphatic carbocycles. The molecule has 6 N–H and O–H groups in total. The number of aliphatic hydroxyl groups is 5. The zero-order valence-corrected chi connectivity index (χ0v) is 38.2. The van der Waals surface area contributed by atoms with E-state index in [0.29, 0.717) is 6.42 Å². The van der Waals surface area contributed by atoms with Gasteiger partial charge in [-0.2, -0.15) is 0 Å². The zero-order chi connectivity index (χ0) is 45.3. The lowest BCUT2D eigenvalue weighted by molar-refractivity contribution is -0.319. The normalized spacial score (nSPS) is 48.7. The van der Waals surface area contributed by atoms with Crippen molar-refractivity contribution in [3.63, 3.8) is 0 Å². The molecule has 4 aliphatic heterocycles. The van der Waals surface area contributed by atoms with Crippen LogP contribution in [0.2, 0.25) is 0 Å². The first-order valence-electron chi connectivity index (χ1n) is 21.3. The van der Waals surface area contributed by atoms with Crippen LogP contribution in [0.1, 0.15) is 94.9 Å². The maximum absolute atomic E-state index is 15.0. The summed E-state index contributed by atoms with van der Waals surface area (Å²) in [6.45, 7) is 16.2. The Morgan fingerprint density at radius 3 is 2.17 bits per heavy atom. The second-order valence-corrected chi connectivity index (χ2v) is 18.9.